The van der Waals surface area contributed by atoms with Crippen molar-refractivity contribution in [2.75, 3.05) is 7.11 Å². The fraction of sp³-hybridized carbons (Fsp3) is 0.0769. The van der Waals surface area contributed by atoms with Crippen LogP contribution in [0.2, 0.25) is 0 Å². The number of nitriles is 1. The summed E-state index contributed by atoms with van der Waals surface area (Å²) in [6.07, 6.45) is 1.58. The second kappa shape index (κ2) is 3.49. The molecule has 17 heavy (non-hydrogen) atoms. The predicted molar refractivity (Wildman–Crippen MR) is 64.9 cm³/mol. The summed E-state index contributed by atoms with van der Waals surface area (Å²) in [6, 6.07) is 9.96. The highest BCUT2D eigenvalue weighted by atomic mass is 16.5. The van der Waals surface area contributed by atoms with Crippen LogP contribution in [0.5, 0.6) is 5.75 Å². The number of pyridine rings is 1. The van der Waals surface area contributed by atoms with Crippen molar-refractivity contribution in [2.45, 2.75) is 0 Å². The van der Waals surface area contributed by atoms with Crippen LogP contribution in [0.4, 0.5) is 0 Å². The molecule has 0 saturated heterocycles. The predicted octanol–water partition coefficient (Wildman–Crippen LogP) is 2.60. The molecule has 0 aliphatic heterocycles. The monoisotopic (exact) mass is 223 g/mol. The van der Waals surface area contributed by atoms with E-state index in [1.165, 1.54) is 0 Å². The van der Waals surface area contributed by atoms with Crippen molar-refractivity contribution < 1.29 is 4.74 Å². The van der Waals surface area contributed by atoms with Crippen molar-refractivity contribution in [1.29, 1.82) is 5.26 Å². The molecule has 0 amide bonds. The third kappa shape index (κ3) is 1.26. The van der Waals surface area contributed by atoms with Crippen molar-refractivity contribution in [1.82, 2.24) is 9.97 Å². The Labute approximate surface area is 97.5 Å². The number of fused-ring (bicyclic) bond motifs is 3. The maximum atomic E-state index is 9.05. The van der Waals surface area contributed by atoms with Gasteiger partial charge in [-0.3, -0.25) is 0 Å². The summed E-state index contributed by atoms with van der Waals surface area (Å²) < 4.78 is 5.30. The molecule has 0 spiro atoms. The van der Waals surface area contributed by atoms with Gasteiger partial charge in [0.25, 0.3) is 0 Å². The number of para-hydroxylation sites is 1. The normalized spacial score (nSPS) is 10.6. The first-order valence-electron chi connectivity index (χ1n) is 5.18. The largest absolute Gasteiger partial charge is 0.494 e. The molecule has 0 saturated carbocycles. The van der Waals surface area contributed by atoms with E-state index in [0.717, 1.165) is 21.8 Å². The molecule has 1 aromatic carbocycles. The van der Waals surface area contributed by atoms with Gasteiger partial charge in [-0.25, -0.2) is 4.98 Å². The van der Waals surface area contributed by atoms with E-state index in [1.54, 1.807) is 13.3 Å². The zero-order chi connectivity index (χ0) is 11.8. The van der Waals surface area contributed by atoms with E-state index >= 15 is 0 Å². The summed E-state index contributed by atoms with van der Waals surface area (Å²) in [5, 5.41) is 11.0. The van der Waals surface area contributed by atoms with Crippen molar-refractivity contribution in [3.05, 3.63) is 36.2 Å². The lowest BCUT2D eigenvalue weighted by Crippen LogP contribution is -1.89. The molecule has 0 atom stereocenters. The highest BCUT2D eigenvalue weighted by Gasteiger charge is 2.13. The Hall–Kier alpha value is -2.54. The van der Waals surface area contributed by atoms with Crippen molar-refractivity contribution >= 4 is 21.8 Å². The molecular weight excluding hydrogens is 214 g/mol. The van der Waals surface area contributed by atoms with Gasteiger partial charge in [-0.05, 0) is 6.07 Å². The maximum absolute atomic E-state index is 9.05. The average Bonchev–Trinajstić information content (AvgIpc) is 2.77. The second-order valence-corrected chi connectivity index (χ2v) is 3.71. The average molecular weight is 223 g/mol. The number of methoxy groups -OCH3 is 1. The SMILES string of the molecule is COc1cnc(C#N)c2[nH]c3ccccc3c12. The van der Waals surface area contributed by atoms with Crippen LogP contribution in [-0.4, -0.2) is 17.1 Å². The summed E-state index contributed by atoms with van der Waals surface area (Å²) >= 11 is 0. The summed E-state index contributed by atoms with van der Waals surface area (Å²) in [7, 11) is 1.60. The molecule has 4 nitrogen and oxygen atoms in total. The van der Waals surface area contributed by atoms with Gasteiger partial charge in [0.1, 0.15) is 11.8 Å². The molecule has 0 fully saturated rings. The number of rotatable bonds is 1. The summed E-state index contributed by atoms with van der Waals surface area (Å²) in [5.74, 6) is 0.677. The number of aromatic amines is 1. The number of nitrogens with one attached hydrogen (secondary N) is 1. The lowest BCUT2D eigenvalue weighted by atomic mass is 10.1. The minimum atomic E-state index is 0.386. The van der Waals surface area contributed by atoms with Crippen LogP contribution < -0.4 is 4.74 Å². The zero-order valence-corrected chi connectivity index (χ0v) is 9.19. The van der Waals surface area contributed by atoms with E-state index in [-0.39, 0.29) is 0 Å². The molecule has 1 N–H and O–H groups in total. The Morgan fingerprint density at radius 3 is 2.94 bits per heavy atom. The second-order valence-electron chi connectivity index (χ2n) is 3.71. The smallest absolute Gasteiger partial charge is 0.164 e. The molecule has 3 rings (SSSR count). The van der Waals surface area contributed by atoms with E-state index < -0.39 is 0 Å². The van der Waals surface area contributed by atoms with Crippen molar-refractivity contribution in [3.8, 4) is 11.8 Å². The first-order chi connectivity index (χ1) is 8.35. The van der Waals surface area contributed by atoms with Crippen LogP contribution in [0.25, 0.3) is 21.8 Å². The Kier molecular flexibility index (Phi) is 1.99. The Morgan fingerprint density at radius 1 is 1.35 bits per heavy atom. The first kappa shape index (κ1) is 9.67. The van der Waals surface area contributed by atoms with Crippen LogP contribution in [-0.2, 0) is 0 Å². The third-order valence-electron chi connectivity index (χ3n) is 2.83. The highest BCUT2D eigenvalue weighted by Crippen LogP contribution is 2.33. The molecule has 82 valence electrons. The fourth-order valence-corrected chi connectivity index (χ4v) is 2.07. The van der Waals surface area contributed by atoms with Gasteiger partial charge in [0.15, 0.2) is 5.69 Å². The van der Waals surface area contributed by atoms with Gasteiger partial charge in [0, 0.05) is 10.9 Å². The van der Waals surface area contributed by atoms with E-state index in [2.05, 4.69) is 16.0 Å². The van der Waals surface area contributed by atoms with Gasteiger partial charge in [0.2, 0.25) is 0 Å². The standard InChI is InChI=1S/C13H9N3O/c1-17-11-7-15-10(6-14)13-12(11)8-4-2-3-5-9(8)16-13/h2-5,7,16H,1H3. The Balaban J connectivity index is 2.59. The minimum absolute atomic E-state index is 0.386. The number of hydrogen-bond acceptors (Lipinski definition) is 3. The van der Waals surface area contributed by atoms with Crippen molar-refractivity contribution in [3.63, 3.8) is 0 Å². The number of nitrogens with zero attached hydrogens (tertiary/aromatic N) is 2. The third-order valence-corrected chi connectivity index (χ3v) is 2.83. The van der Waals surface area contributed by atoms with Gasteiger partial charge in [0.05, 0.1) is 24.2 Å². The molecule has 0 bridgehead atoms. The summed E-state index contributed by atoms with van der Waals surface area (Å²) in [4.78, 5) is 7.28. The number of benzene rings is 1. The number of hydrogen-bond donors (Lipinski definition) is 1. The Morgan fingerprint density at radius 2 is 2.18 bits per heavy atom. The van der Waals surface area contributed by atoms with Gasteiger partial charge in [-0.2, -0.15) is 5.26 Å². The summed E-state index contributed by atoms with van der Waals surface area (Å²) in [5.41, 5.74) is 2.09. The molecule has 0 unspecified atom stereocenters. The van der Waals surface area contributed by atoms with Gasteiger partial charge < -0.3 is 9.72 Å². The van der Waals surface area contributed by atoms with E-state index in [0.29, 0.717) is 11.4 Å². The molecule has 2 heterocycles. The molecule has 4 heteroatoms. The van der Waals surface area contributed by atoms with Crippen LogP contribution in [0.15, 0.2) is 30.5 Å². The first-order valence-corrected chi connectivity index (χ1v) is 5.18. The fourth-order valence-electron chi connectivity index (χ4n) is 2.07. The molecular formula is C13H9N3O. The van der Waals surface area contributed by atoms with E-state index in [4.69, 9.17) is 10.00 Å². The molecule has 3 aromatic rings. The minimum Gasteiger partial charge on any atom is -0.494 e. The zero-order valence-electron chi connectivity index (χ0n) is 9.19. The van der Waals surface area contributed by atoms with Crippen molar-refractivity contribution in [2.24, 2.45) is 0 Å². The van der Waals surface area contributed by atoms with Crippen LogP contribution in [0.3, 0.4) is 0 Å². The number of ether oxygens (including phenoxy) is 1. The summed E-state index contributed by atoms with van der Waals surface area (Å²) in [6.45, 7) is 0. The quantitative estimate of drug-likeness (QED) is 0.689. The number of H-pyrrole nitrogens is 1. The molecule has 0 radical (unpaired) electrons. The van der Waals surface area contributed by atoms with Gasteiger partial charge in [-0.15, -0.1) is 0 Å². The maximum Gasteiger partial charge on any atom is 0.164 e. The molecule has 2 aromatic heterocycles. The van der Waals surface area contributed by atoms with E-state index in [9.17, 15) is 0 Å². The lowest BCUT2D eigenvalue weighted by molar-refractivity contribution is 0.418. The van der Waals surface area contributed by atoms with E-state index in [1.807, 2.05) is 24.3 Å². The van der Waals surface area contributed by atoms with Crippen LogP contribution in [0.1, 0.15) is 5.69 Å². The van der Waals surface area contributed by atoms with Crippen LogP contribution in [0, 0.1) is 11.3 Å². The number of aromatic nitrogens is 2. The van der Waals surface area contributed by atoms with Crippen LogP contribution >= 0.6 is 0 Å². The Bertz CT molecular complexity index is 752. The lowest BCUT2D eigenvalue weighted by Gasteiger charge is -2.01. The highest BCUT2D eigenvalue weighted by molar-refractivity contribution is 6.11. The molecule has 0 aliphatic carbocycles. The van der Waals surface area contributed by atoms with Gasteiger partial charge >= 0.3 is 0 Å². The van der Waals surface area contributed by atoms with Gasteiger partial charge in [-0.1, -0.05) is 18.2 Å². The molecule has 0 aliphatic rings. The topological polar surface area (TPSA) is 61.7 Å².